The Morgan fingerprint density at radius 3 is 2.46 bits per heavy atom. The lowest BCUT2D eigenvalue weighted by atomic mass is 9.94. The maximum atomic E-state index is 12.3. The molecular weight excluding hydrogens is 328 g/mol. The number of amides is 3. The second-order valence-corrected chi connectivity index (χ2v) is 6.38. The van der Waals surface area contributed by atoms with Gasteiger partial charge in [-0.25, -0.2) is 4.79 Å². The summed E-state index contributed by atoms with van der Waals surface area (Å²) in [6.45, 7) is 7.77. The monoisotopic (exact) mass is 354 g/mol. The third-order valence-electron chi connectivity index (χ3n) is 3.97. The number of halogens is 1. The molecule has 0 aromatic heterocycles. The van der Waals surface area contributed by atoms with Gasteiger partial charge >= 0.3 is 6.03 Å². The Bertz CT molecular complexity index is 548. The second kappa shape index (κ2) is 9.49. The van der Waals surface area contributed by atoms with Crippen molar-refractivity contribution >= 4 is 30.0 Å². The largest absolute Gasteiger partial charge is 0.348 e. The van der Waals surface area contributed by atoms with E-state index >= 15 is 0 Å². The molecule has 1 saturated heterocycles. The van der Waals surface area contributed by atoms with E-state index in [1.54, 1.807) is 24.3 Å². The van der Waals surface area contributed by atoms with Gasteiger partial charge in [0.15, 0.2) is 0 Å². The molecule has 0 aliphatic carbocycles. The summed E-state index contributed by atoms with van der Waals surface area (Å²) in [7, 11) is 0. The zero-order valence-electron chi connectivity index (χ0n) is 14.4. The topological polar surface area (TPSA) is 82.3 Å². The number of nitrogens with one attached hydrogen (secondary N) is 4. The molecule has 1 heterocycles. The standard InChI is InChI=1S/C17H26N4O2.ClH/c1-11(2)19-17(23)20-14-6-4-13(5-7-14)16(22)21-15-10-18-9-8-12(15)3;/h4-7,11-12,15,18H,8-10H2,1-3H3,(H,21,22)(H2,19,20,23);1H. The van der Waals surface area contributed by atoms with Gasteiger partial charge in [-0.3, -0.25) is 4.79 Å². The van der Waals surface area contributed by atoms with Crippen molar-refractivity contribution in [2.24, 2.45) is 5.92 Å². The van der Waals surface area contributed by atoms with Crippen LogP contribution < -0.4 is 21.3 Å². The van der Waals surface area contributed by atoms with Crippen molar-refractivity contribution in [2.75, 3.05) is 18.4 Å². The lowest BCUT2D eigenvalue weighted by Crippen LogP contribution is -2.50. The number of piperidine rings is 1. The number of hydrogen-bond acceptors (Lipinski definition) is 3. The molecule has 2 unspecified atom stereocenters. The molecular formula is C17H27ClN4O2. The Balaban J connectivity index is 0.00000288. The maximum absolute atomic E-state index is 12.3. The van der Waals surface area contributed by atoms with E-state index in [9.17, 15) is 9.59 Å². The third kappa shape index (κ3) is 6.02. The second-order valence-electron chi connectivity index (χ2n) is 6.38. The van der Waals surface area contributed by atoms with Gasteiger partial charge in [0.05, 0.1) is 0 Å². The fourth-order valence-electron chi connectivity index (χ4n) is 2.57. The number of urea groups is 1. The van der Waals surface area contributed by atoms with Crippen LogP contribution in [0.2, 0.25) is 0 Å². The molecule has 1 aliphatic rings. The molecule has 2 rings (SSSR count). The van der Waals surface area contributed by atoms with E-state index in [0.717, 1.165) is 19.5 Å². The van der Waals surface area contributed by atoms with Gasteiger partial charge in [-0.2, -0.15) is 0 Å². The van der Waals surface area contributed by atoms with E-state index < -0.39 is 0 Å². The van der Waals surface area contributed by atoms with E-state index in [0.29, 0.717) is 17.2 Å². The molecule has 1 aromatic carbocycles. The number of carbonyl (C=O) groups excluding carboxylic acids is 2. The SMILES string of the molecule is CC(C)NC(=O)Nc1ccc(C(=O)NC2CNCCC2C)cc1.Cl. The molecule has 0 bridgehead atoms. The van der Waals surface area contributed by atoms with Crippen LogP contribution in [0.15, 0.2) is 24.3 Å². The lowest BCUT2D eigenvalue weighted by molar-refractivity contribution is 0.0915. The van der Waals surface area contributed by atoms with Crippen LogP contribution in [0.4, 0.5) is 10.5 Å². The smallest absolute Gasteiger partial charge is 0.319 e. The van der Waals surface area contributed by atoms with Crippen molar-refractivity contribution in [3.63, 3.8) is 0 Å². The predicted molar refractivity (Wildman–Crippen MR) is 98.9 cm³/mol. The first-order chi connectivity index (χ1) is 11.0. The van der Waals surface area contributed by atoms with E-state index in [2.05, 4.69) is 28.2 Å². The average molecular weight is 355 g/mol. The lowest BCUT2D eigenvalue weighted by Gasteiger charge is -2.30. The first-order valence-electron chi connectivity index (χ1n) is 8.15. The summed E-state index contributed by atoms with van der Waals surface area (Å²) < 4.78 is 0. The Morgan fingerprint density at radius 1 is 1.21 bits per heavy atom. The van der Waals surface area contributed by atoms with Crippen molar-refractivity contribution in [3.8, 4) is 0 Å². The molecule has 1 fully saturated rings. The molecule has 0 saturated carbocycles. The molecule has 134 valence electrons. The normalized spacial score (nSPS) is 20.0. The quantitative estimate of drug-likeness (QED) is 0.670. The fourth-order valence-corrected chi connectivity index (χ4v) is 2.57. The summed E-state index contributed by atoms with van der Waals surface area (Å²) in [5.74, 6) is 0.393. The van der Waals surface area contributed by atoms with Crippen molar-refractivity contribution in [1.29, 1.82) is 0 Å². The number of anilines is 1. The van der Waals surface area contributed by atoms with E-state index in [1.807, 2.05) is 13.8 Å². The maximum Gasteiger partial charge on any atom is 0.319 e. The van der Waals surface area contributed by atoms with Gasteiger partial charge in [-0.15, -0.1) is 12.4 Å². The molecule has 4 N–H and O–H groups in total. The molecule has 7 heteroatoms. The highest BCUT2D eigenvalue weighted by Gasteiger charge is 2.22. The van der Waals surface area contributed by atoms with Crippen LogP contribution in [-0.4, -0.2) is 37.1 Å². The highest BCUT2D eigenvalue weighted by molar-refractivity contribution is 5.95. The summed E-state index contributed by atoms with van der Waals surface area (Å²) in [5.41, 5.74) is 1.25. The zero-order valence-corrected chi connectivity index (χ0v) is 15.2. The molecule has 1 aliphatic heterocycles. The Morgan fingerprint density at radius 2 is 1.88 bits per heavy atom. The van der Waals surface area contributed by atoms with Crippen molar-refractivity contribution in [1.82, 2.24) is 16.0 Å². The highest BCUT2D eigenvalue weighted by atomic mass is 35.5. The third-order valence-corrected chi connectivity index (χ3v) is 3.97. The number of benzene rings is 1. The van der Waals surface area contributed by atoms with E-state index in [4.69, 9.17) is 0 Å². The van der Waals surface area contributed by atoms with Gasteiger partial charge in [-0.05, 0) is 57.0 Å². The number of hydrogen-bond donors (Lipinski definition) is 4. The first kappa shape index (κ1) is 20.3. The molecule has 3 amide bonds. The van der Waals surface area contributed by atoms with Crippen LogP contribution in [0.3, 0.4) is 0 Å². The van der Waals surface area contributed by atoms with Crippen molar-refractivity contribution in [2.45, 2.75) is 39.3 Å². The average Bonchev–Trinajstić information content (AvgIpc) is 2.49. The van der Waals surface area contributed by atoms with Gasteiger partial charge in [-0.1, -0.05) is 6.92 Å². The van der Waals surface area contributed by atoms with Crippen LogP contribution in [0.25, 0.3) is 0 Å². The zero-order chi connectivity index (χ0) is 16.8. The molecule has 6 nitrogen and oxygen atoms in total. The van der Waals surface area contributed by atoms with Crippen LogP contribution >= 0.6 is 12.4 Å². The first-order valence-corrected chi connectivity index (χ1v) is 8.15. The van der Waals surface area contributed by atoms with Crippen LogP contribution in [0.1, 0.15) is 37.6 Å². The molecule has 0 spiro atoms. The minimum Gasteiger partial charge on any atom is -0.348 e. The summed E-state index contributed by atoms with van der Waals surface area (Å²) in [6, 6.07) is 6.90. The summed E-state index contributed by atoms with van der Waals surface area (Å²) in [5, 5.41) is 11.9. The van der Waals surface area contributed by atoms with Gasteiger partial charge < -0.3 is 21.3 Å². The Hall–Kier alpha value is -1.79. The Kier molecular flexibility index (Phi) is 8.01. The minimum atomic E-state index is -0.251. The van der Waals surface area contributed by atoms with Crippen LogP contribution in [-0.2, 0) is 0 Å². The molecule has 1 aromatic rings. The van der Waals surface area contributed by atoms with Gasteiger partial charge in [0.2, 0.25) is 0 Å². The van der Waals surface area contributed by atoms with E-state index in [-0.39, 0.29) is 36.4 Å². The summed E-state index contributed by atoms with van der Waals surface area (Å²) >= 11 is 0. The van der Waals surface area contributed by atoms with Gasteiger partial charge in [0.1, 0.15) is 0 Å². The number of carbonyl (C=O) groups is 2. The van der Waals surface area contributed by atoms with Crippen molar-refractivity contribution < 1.29 is 9.59 Å². The summed E-state index contributed by atoms with van der Waals surface area (Å²) in [6.07, 6.45) is 1.07. The van der Waals surface area contributed by atoms with Gasteiger partial charge in [0, 0.05) is 29.9 Å². The fraction of sp³-hybridized carbons (Fsp3) is 0.529. The van der Waals surface area contributed by atoms with Crippen LogP contribution in [0, 0.1) is 5.92 Å². The minimum absolute atomic E-state index is 0. The molecule has 2 atom stereocenters. The number of rotatable bonds is 4. The molecule has 0 radical (unpaired) electrons. The highest BCUT2D eigenvalue weighted by Crippen LogP contribution is 2.13. The predicted octanol–water partition coefficient (Wildman–Crippen LogP) is 2.37. The van der Waals surface area contributed by atoms with Gasteiger partial charge in [0.25, 0.3) is 5.91 Å². The summed E-state index contributed by atoms with van der Waals surface area (Å²) in [4.78, 5) is 23.9. The van der Waals surface area contributed by atoms with E-state index in [1.165, 1.54) is 0 Å². The van der Waals surface area contributed by atoms with Crippen LogP contribution in [0.5, 0.6) is 0 Å². The van der Waals surface area contributed by atoms with Crippen molar-refractivity contribution in [3.05, 3.63) is 29.8 Å². The Labute approximate surface area is 149 Å². The molecule has 24 heavy (non-hydrogen) atoms.